The van der Waals surface area contributed by atoms with Crippen molar-refractivity contribution in [2.75, 3.05) is 26.2 Å². The quantitative estimate of drug-likeness (QED) is 0.563. The maximum absolute atomic E-state index is 12.8. The Morgan fingerprint density at radius 3 is 2.53 bits per heavy atom. The first-order chi connectivity index (χ1) is 14.3. The lowest BCUT2D eigenvalue weighted by atomic mass is 10.3. The van der Waals surface area contributed by atoms with E-state index in [1.807, 2.05) is 0 Å². The smallest absolute Gasteiger partial charge is 0.262 e. The van der Waals surface area contributed by atoms with Crippen molar-refractivity contribution in [1.29, 1.82) is 0 Å². The Balaban J connectivity index is 1.43. The normalized spacial score (nSPS) is 15.6. The molecule has 1 saturated heterocycles. The fraction of sp³-hybridized carbons (Fsp3) is 0.278. The fourth-order valence-electron chi connectivity index (χ4n) is 3.22. The largest absolute Gasteiger partial charge is 0.338 e. The predicted molar refractivity (Wildman–Crippen MR) is 116 cm³/mol. The summed E-state index contributed by atoms with van der Waals surface area (Å²) in [6.07, 6.45) is 1.37. The van der Waals surface area contributed by atoms with E-state index in [0.717, 1.165) is 0 Å². The van der Waals surface area contributed by atoms with Crippen molar-refractivity contribution in [3.05, 3.63) is 56.4 Å². The van der Waals surface area contributed by atoms with E-state index in [9.17, 15) is 18.0 Å². The lowest BCUT2D eigenvalue weighted by Gasteiger charge is -2.34. The van der Waals surface area contributed by atoms with Crippen molar-refractivity contribution >= 4 is 60.7 Å². The molecule has 0 spiro atoms. The van der Waals surface area contributed by atoms with E-state index in [4.69, 9.17) is 23.2 Å². The Kier molecular flexibility index (Phi) is 5.86. The van der Waals surface area contributed by atoms with Crippen LogP contribution in [0.15, 0.2) is 45.7 Å². The molecule has 0 aliphatic carbocycles. The van der Waals surface area contributed by atoms with Crippen molar-refractivity contribution in [2.45, 2.75) is 11.4 Å². The van der Waals surface area contributed by atoms with Gasteiger partial charge in [-0.05, 0) is 29.6 Å². The summed E-state index contributed by atoms with van der Waals surface area (Å²) in [6.45, 7) is 0.595. The van der Waals surface area contributed by atoms with Crippen molar-refractivity contribution in [3.8, 4) is 0 Å². The number of aromatic nitrogens is 2. The van der Waals surface area contributed by atoms with E-state index in [1.54, 1.807) is 16.3 Å². The lowest BCUT2D eigenvalue weighted by molar-refractivity contribution is -0.133. The molecule has 4 rings (SSSR count). The molecule has 12 heteroatoms. The summed E-state index contributed by atoms with van der Waals surface area (Å²) in [5.74, 6) is -0.264. The molecule has 1 amide bonds. The number of amides is 1. The molecule has 3 aromatic rings. The maximum atomic E-state index is 12.8. The molecule has 1 aromatic carbocycles. The third kappa shape index (κ3) is 3.97. The van der Waals surface area contributed by atoms with E-state index >= 15 is 0 Å². The van der Waals surface area contributed by atoms with Crippen molar-refractivity contribution in [1.82, 2.24) is 18.8 Å². The molecular formula is C18H16Cl2N4O4S2. The molecule has 1 aliphatic rings. The molecule has 0 atom stereocenters. The maximum Gasteiger partial charge on any atom is 0.262 e. The first-order valence-corrected chi connectivity index (χ1v) is 12.0. The van der Waals surface area contributed by atoms with Crippen LogP contribution in [-0.4, -0.2) is 59.3 Å². The molecular weight excluding hydrogens is 471 g/mol. The number of carbonyl (C=O) groups excluding carboxylic acids is 1. The van der Waals surface area contributed by atoms with E-state index < -0.39 is 10.0 Å². The van der Waals surface area contributed by atoms with E-state index in [1.165, 1.54) is 44.7 Å². The van der Waals surface area contributed by atoms with Gasteiger partial charge in [-0.3, -0.25) is 14.2 Å². The van der Waals surface area contributed by atoms with Crippen LogP contribution in [0.5, 0.6) is 0 Å². The van der Waals surface area contributed by atoms with Gasteiger partial charge in [0.15, 0.2) is 0 Å². The van der Waals surface area contributed by atoms with E-state index in [2.05, 4.69) is 4.98 Å². The number of rotatable bonds is 4. The number of fused-ring (bicyclic) bond motifs is 1. The number of thiophene rings is 1. The summed E-state index contributed by atoms with van der Waals surface area (Å²) in [6, 6.07) is 5.84. The minimum Gasteiger partial charge on any atom is -0.338 e. The number of hydrogen-bond donors (Lipinski definition) is 0. The van der Waals surface area contributed by atoms with Crippen molar-refractivity contribution < 1.29 is 13.2 Å². The summed E-state index contributed by atoms with van der Waals surface area (Å²) in [5.41, 5.74) is -0.268. The Hall–Kier alpha value is -1.98. The van der Waals surface area contributed by atoms with Crippen LogP contribution >= 0.6 is 34.5 Å². The minimum atomic E-state index is -3.75. The van der Waals surface area contributed by atoms with Gasteiger partial charge in [-0.2, -0.15) is 4.31 Å². The second-order valence-electron chi connectivity index (χ2n) is 6.68. The standard InChI is InChI=1S/C18H16Cl2N4O4S2/c19-14-2-1-12(9-15(14)20)30(27,28)24-6-4-22(5-7-24)16(25)10-23-11-21-17-13(18(23)26)3-8-29-17/h1-3,8-9,11H,4-7,10H2. The number of piperazine rings is 1. The molecule has 0 unspecified atom stereocenters. The highest BCUT2D eigenvalue weighted by Crippen LogP contribution is 2.27. The van der Waals surface area contributed by atoms with Gasteiger partial charge >= 0.3 is 0 Å². The van der Waals surface area contributed by atoms with Crippen LogP contribution < -0.4 is 5.56 Å². The van der Waals surface area contributed by atoms with E-state index in [-0.39, 0.29) is 59.1 Å². The van der Waals surface area contributed by atoms with Gasteiger partial charge in [0, 0.05) is 26.2 Å². The third-order valence-corrected chi connectivity index (χ3v) is 8.33. The number of sulfonamides is 1. The molecule has 0 bridgehead atoms. The van der Waals surface area contributed by atoms with Crippen LogP contribution in [0.25, 0.3) is 10.2 Å². The van der Waals surface area contributed by atoms with Gasteiger partial charge in [0.25, 0.3) is 5.56 Å². The topological polar surface area (TPSA) is 92.6 Å². The number of nitrogens with zero attached hydrogens (tertiary/aromatic N) is 4. The monoisotopic (exact) mass is 486 g/mol. The third-order valence-electron chi connectivity index (χ3n) is 4.88. The zero-order valence-corrected chi connectivity index (χ0v) is 18.6. The molecule has 3 heterocycles. The number of benzene rings is 1. The highest BCUT2D eigenvalue weighted by atomic mass is 35.5. The molecule has 0 N–H and O–H groups in total. The van der Waals surface area contributed by atoms with Gasteiger partial charge in [0.05, 0.1) is 26.7 Å². The van der Waals surface area contributed by atoms with Crippen LogP contribution in [0.3, 0.4) is 0 Å². The van der Waals surface area contributed by atoms with Gasteiger partial charge in [-0.1, -0.05) is 23.2 Å². The second-order valence-corrected chi connectivity index (χ2v) is 10.3. The van der Waals surface area contributed by atoms with Crippen molar-refractivity contribution in [3.63, 3.8) is 0 Å². The fourth-order valence-corrected chi connectivity index (χ4v) is 5.75. The molecule has 1 fully saturated rings. The lowest BCUT2D eigenvalue weighted by Crippen LogP contribution is -2.51. The average molecular weight is 487 g/mol. The molecule has 8 nitrogen and oxygen atoms in total. The number of carbonyl (C=O) groups is 1. The predicted octanol–water partition coefficient (Wildman–Crippen LogP) is 2.30. The van der Waals surface area contributed by atoms with Gasteiger partial charge in [-0.25, -0.2) is 13.4 Å². The van der Waals surface area contributed by atoms with Gasteiger partial charge < -0.3 is 4.90 Å². The van der Waals surface area contributed by atoms with Gasteiger partial charge in [0.1, 0.15) is 11.4 Å². The zero-order valence-electron chi connectivity index (χ0n) is 15.5. The molecule has 30 heavy (non-hydrogen) atoms. The number of halogens is 2. The summed E-state index contributed by atoms with van der Waals surface area (Å²) in [7, 11) is -3.75. The Labute approximate surface area is 186 Å². The first kappa shape index (κ1) is 21.3. The van der Waals surface area contributed by atoms with Crippen LogP contribution in [0.4, 0.5) is 0 Å². The highest BCUT2D eigenvalue weighted by molar-refractivity contribution is 7.89. The Morgan fingerprint density at radius 1 is 1.10 bits per heavy atom. The summed E-state index contributed by atoms with van der Waals surface area (Å²) >= 11 is 13.2. The molecule has 158 valence electrons. The Morgan fingerprint density at radius 2 is 1.83 bits per heavy atom. The zero-order chi connectivity index (χ0) is 21.5. The minimum absolute atomic E-state index is 0.0540. The molecule has 0 saturated carbocycles. The molecule has 0 radical (unpaired) electrons. The first-order valence-electron chi connectivity index (χ1n) is 8.93. The number of hydrogen-bond acceptors (Lipinski definition) is 6. The summed E-state index contributed by atoms with van der Waals surface area (Å²) in [5, 5.41) is 2.69. The van der Waals surface area contributed by atoms with Gasteiger partial charge in [-0.15, -0.1) is 11.3 Å². The summed E-state index contributed by atoms with van der Waals surface area (Å²) in [4.78, 5) is 31.5. The second kappa shape index (κ2) is 8.27. The highest BCUT2D eigenvalue weighted by Gasteiger charge is 2.30. The molecule has 2 aromatic heterocycles. The van der Waals surface area contributed by atoms with Crippen LogP contribution in [0.1, 0.15) is 0 Å². The summed E-state index contributed by atoms with van der Waals surface area (Å²) < 4.78 is 28.2. The van der Waals surface area contributed by atoms with Crippen LogP contribution in [0.2, 0.25) is 10.0 Å². The molecule has 1 aliphatic heterocycles. The van der Waals surface area contributed by atoms with Crippen LogP contribution in [0, 0.1) is 0 Å². The van der Waals surface area contributed by atoms with Crippen molar-refractivity contribution in [2.24, 2.45) is 0 Å². The Bertz CT molecular complexity index is 1280. The van der Waals surface area contributed by atoms with Crippen LogP contribution in [-0.2, 0) is 21.4 Å². The van der Waals surface area contributed by atoms with Gasteiger partial charge in [0.2, 0.25) is 15.9 Å². The average Bonchev–Trinajstić information content (AvgIpc) is 3.22. The SMILES string of the molecule is O=C(Cn1cnc2sccc2c1=O)N1CCN(S(=O)(=O)c2ccc(Cl)c(Cl)c2)CC1. The van der Waals surface area contributed by atoms with E-state index in [0.29, 0.717) is 10.2 Å².